The van der Waals surface area contributed by atoms with Crippen LogP contribution in [0.2, 0.25) is 0 Å². The molecule has 32 heavy (non-hydrogen) atoms. The number of nitrogens with zero attached hydrogens (tertiary/aromatic N) is 2. The Hall–Kier alpha value is -3.88. The molecular weight excluding hydrogens is 424 g/mol. The highest BCUT2D eigenvalue weighted by atomic mass is 19.4. The van der Waals surface area contributed by atoms with Gasteiger partial charge in [-0.05, 0) is 60.5 Å². The van der Waals surface area contributed by atoms with Crippen LogP contribution >= 0.6 is 0 Å². The fraction of sp³-hybridized carbons (Fsp3) is 0.130. The van der Waals surface area contributed by atoms with Gasteiger partial charge in [-0.3, -0.25) is 4.98 Å². The smallest absolute Gasteiger partial charge is 0.343 e. The Balaban J connectivity index is 1.59. The zero-order valence-corrected chi connectivity index (χ0v) is 16.9. The first kappa shape index (κ1) is 21.4. The maximum Gasteiger partial charge on any atom is 0.416 e. The second-order valence-corrected chi connectivity index (χ2v) is 7.27. The number of carbonyl (C=O) groups is 1. The molecule has 5 nitrogen and oxygen atoms in total. The zero-order valence-electron chi connectivity index (χ0n) is 16.9. The molecule has 0 aliphatic heterocycles. The number of fused-ring (bicyclic) bond motifs is 1. The molecule has 0 bridgehead atoms. The molecule has 0 aliphatic rings. The summed E-state index contributed by atoms with van der Waals surface area (Å²) < 4.78 is 54.7. The third-order valence-corrected chi connectivity index (χ3v) is 4.99. The summed E-state index contributed by atoms with van der Waals surface area (Å²) in [6, 6.07) is 10.1. The summed E-state index contributed by atoms with van der Waals surface area (Å²) in [6.45, 7) is 2.49. The first-order valence-electron chi connectivity index (χ1n) is 9.64. The van der Waals surface area contributed by atoms with Crippen molar-refractivity contribution in [1.82, 2.24) is 9.55 Å². The van der Waals surface area contributed by atoms with Crippen molar-refractivity contribution in [3.63, 3.8) is 0 Å². The van der Waals surface area contributed by atoms with Gasteiger partial charge < -0.3 is 15.2 Å². The van der Waals surface area contributed by atoms with Crippen LogP contribution in [0.15, 0.2) is 67.1 Å². The van der Waals surface area contributed by atoms with Crippen molar-refractivity contribution in [3.8, 4) is 0 Å². The van der Waals surface area contributed by atoms with Gasteiger partial charge >= 0.3 is 12.2 Å². The Morgan fingerprint density at radius 1 is 1.03 bits per heavy atom. The fourth-order valence-corrected chi connectivity index (χ4v) is 3.55. The molecule has 0 radical (unpaired) electrons. The Labute approximate surface area is 180 Å². The number of aromatic nitrogens is 2. The molecule has 0 atom stereocenters. The van der Waals surface area contributed by atoms with Crippen molar-refractivity contribution >= 4 is 28.3 Å². The van der Waals surface area contributed by atoms with Gasteiger partial charge in [-0.2, -0.15) is 13.2 Å². The minimum Gasteiger partial charge on any atom is -0.343 e. The summed E-state index contributed by atoms with van der Waals surface area (Å²) in [5.74, 6) is -0.967. The highest BCUT2D eigenvalue weighted by molar-refractivity contribution is 6.06. The topological polar surface area (TPSA) is 59.0 Å². The van der Waals surface area contributed by atoms with Gasteiger partial charge in [-0.1, -0.05) is 6.07 Å². The molecule has 4 rings (SSSR count). The summed E-state index contributed by atoms with van der Waals surface area (Å²) in [5, 5.41) is 5.56. The van der Waals surface area contributed by atoms with E-state index < -0.39 is 29.3 Å². The molecule has 0 unspecified atom stereocenters. The van der Waals surface area contributed by atoms with Crippen LogP contribution in [0, 0.1) is 12.7 Å². The molecule has 2 heterocycles. The summed E-state index contributed by atoms with van der Waals surface area (Å²) in [4.78, 5) is 16.5. The molecule has 2 amide bonds. The number of carbonyl (C=O) groups excluding carboxylic acids is 1. The quantitative estimate of drug-likeness (QED) is 0.370. The van der Waals surface area contributed by atoms with Gasteiger partial charge in [0.1, 0.15) is 5.82 Å². The SMILES string of the molecule is Cc1cn(Cc2ccncc2)c2cccc(NC(=O)Nc3cc(C(F)(F)F)ccc3F)c12. The number of pyridine rings is 1. The normalized spacial score (nSPS) is 11.5. The first-order chi connectivity index (χ1) is 15.2. The van der Waals surface area contributed by atoms with Crippen molar-refractivity contribution in [2.45, 2.75) is 19.6 Å². The van der Waals surface area contributed by atoms with Crippen LogP contribution in [0.5, 0.6) is 0 Å². The minimum atomic E-state index is -4.65. The van der Waals surface area contributed by atoms with Crippen LogP contribution < -0.4 is 10.6 Å². The molecule has 0 fully saturated rings. The second-order valence-electron chi connectivity index (χ2n) is 7.27. The van der Waals surface area contributed by atoms with Crippen LogP contribution in [0.3, 0.4) is 0 Å². The van der Waals surface area contributed by atoms with Gasteiger partial charge in [0.25, 0.3) is 0 Å². The van der Waals surface area contributed by atoms with E-state index in [0.29, 0.717) is 30.4 Å². The van der Waals surface area contributed by atoms with E-state index >= 15 is 0 Å². The van der Waals surface area contributed by atoms with Crippen LogP contribution in [-0.4, -0.2) is 15.6 Å². The fourth-order valence-electron chi connectivity index (χ4n) is 3.55. The van der Waals surface area contributed by atoms with Gasteiger partial charge in [0.05, 0.1) is 22.5 Å². The molecule has 2 aromatic carbocycles. The Morgan fingerprint density at radius 3 is 2.47 bits per heavy atom. The lowest BCUT2D eigenvalue weighted by atomic mass is 10.1. The molecule has 2 aromatic heterocycles. The lowest BCUT2D eigenvalue weighted by Gasteiger charge is -2.13. The summed E-state index contributed by atoms with van der Waals surface area (Å²) >= 11 is 0. The first-order valence-corrected chi connectivity index (χ1v) is 9.64. The molecule has 9 heteroatoms. The number of anilines is 2. The molecule has 0 aliphatic carbocycles. The number of rotatable bonds is 4. The van der Waals surface area contributed by atoms with E-state index in [1.54, 1.807) is 24.5 Å². The van der Waals surface area contributed by atoms with Crippen LogP contribution in [0.4, 0.5) is 33.7 Å². The molecule has 2 N–H and O–H groups in total. The summed E-state index contributed by atoms with van der Waals surface area (Å²) in [7, 11) is 0. The van der Waals surface area contributed by atoms with E-state index in [1.807, 2.05) is 35.9 Å². The van der Waals surface area contributed by atoms with Gasteiger partial charge in [0.2, 0.25) is 0 Å². The van der Waals surface area contributed by atoms with Crippen LogP contribution in [0.1, 0.15) is 16.7 Å². The number of halogens is 4. The van der Waals surface area contributed by atoms with Crippen molar-refractivity contribution in [2.24, 2.45) is 0 Å². The third kappa shape index (κ3) is 4.41. The highest BCUT2D eigenvalue weighted by Crippen LogP contribution is 2.32. The van der Waals surface area contributed by atoms with E-state index in [2.05, 4.69) is 15.6 Å². The molecule has 0 spiro atoms. The van der Waals surface area contributed by atoms with Gasteiger partial charge in [-0.25, -0.2) is 9.18 Å². The lowest BCUT2D eigenvalue weighted by molar-refractivity contribution is -0.137. The van der Waals surface area contributed by atoms with Gasteiger partial charge in [0.15, 0.2) is 0 Å². The maximum absolute atomic E-state index is 14.0. The molecule has 0 saturated heterocycles. The molecule has 164 valence electrons. The lowest BCUT2D eigenvalue weighted by Crippen LogP contribution is -2.21. The largest absolute Gasteiger partial charge is 0.416 e. The predicted octanol–water partition coefficient (Wildman–Crippen LogP) is 6.19. The van der Waals surface area contributed by atoms with Crippen LogP contribution in [0.25, 0.3) is 10.9 Å². The van der Waals surface area contributed by atoms with E-state index in [4.69, 9.17) is 0 Å². The van der Waals surface area contributed by atoms with Crippen LogP contribution in [-0.2, 0) is 12.7 Å². The predicted molar refractivity (Wildman–Crippen MR) is 114 cm³/mol. The van der Waals surface area contributed by atoms with Crippen molar-refractivity contribution in [1.29, 1.82) is 0 Å². The minimum absolute atomic E-state index is 0.457. The Kier molecular flexibility index (Phi) is 5.56. The maximum atomic E-state index is 14.0. The number of hydrogen-bond donors (Lipinski definition) is 2. The van der Waals surface area contributed by atoms with Crippen molar-refractivity contribution in [2.75, 3.05) is 10.6 Å². The van der Waals surface area contributed by atoms with E-state index in [0.717, 1.165) is 22.0 Å². The summed E-state index contributed by atoms with van der Waals surface area (Å²) in [6.07, 6.45) is 0.706. The average molecular weight is 442 g/mol. The standard InChI is InChI=1S/C23H18F4N4O/c1-14-12-31(13-15-7-9-28-10-8-15)20-4-2-3-18(21(14)20)29-22(32)30-19-11-16(23(25,26)27)5-6-17(19)24/h2-12H,13H2,1H3,(H2,29,30,32). The number of hydrogen-bond acceptors (Lipinski definition) is 2. The number of nitrogens with one attached hydrogen (secondary N) is 2. The second kappa shape index (κ2) is 8.33. The van der Waals surface area contributed by atoms with Crippen molar-refractivity contribution < 1.29 is 22.4 Å². The van der Waals surface area contributed by atoms with Gasteiger partial charge in [0, 0.05) is 30.5 Å². The average Bonchev–Trinajstić information content (AvgIpc) is 3.06. The van der Waals surface area contributed by atoms with E-state index in [9.17, 15) is 22.4 Å². The van der Waals surface area contributed by atoms with Crippen molar-refractivity contribution in [3.05, 3.63) is 89.6 Å². The van der Waals surface area contributed by atoms with E-state index in [1.165, 1.54) is 0 Å². The number of benzene rings is 2. The van der Waals surface area contributed by atoms with Gasteiger partial charge in [-0.15, -0.1) is 0 Å². The highest BCUT2D eigenvalue weighted by Gasteiger charge is 2.31. The monoisotopic (exact) mass is 442 g/mol. The number of urea groups is 1. The summed E-state index contributed by atoms with van der Waals surface area (Å²) in [5.41, 5.74) is 1.65. The number of amides is 2. The molecule has 4 aromatic rings. The molecule has 0 saturated carbocycles. The number of alkyl halides is 3. The zero-order chi connectivity index (χ0) is 22.9. The Bertz CT molecular complexity index is 1280. The third-order valence-electron chi connectivity index (χ3n) is 4.99. The molecular formula is C23H18F4N4O. The Morgan fingerprint density at radius 2 is 1.75 bits per heavy atom. The van der Waals surface area contributed by atoms with E-state index in [-0.39, 0.29) is 0 Å². The number of aryl methyl sites for hydroxylation is 1.